The summed E-state index contributed by atoms with van der Waals surface area (Å²) in [6.07, 6.45) is 4.22. The van der Waals surface area contributed by atoms with Crippen LogP contribution in [0.2, 0.25) is 0 Å². The summed E-state index contributed by atoms with van der Waals surface area (Å²) in [5.41, 5.74) is 0.793. The van der Waals surface area contributed by atoms with Crippen molar-refractivity contribution in [2.75, 3.05) is 7.11 Å². The number of rotatable bonds is 6. The molecule has 2 rings (SSSR count). The summed E-state index contributed by atoms with van der Waals surface area (Å²) in [5, 5.41) is 6.38. The van der Waals surface area contributed by atoms with Gasteiger partial charge >= 0.3 is 5.97 Å². The Balaban J connectivity index is 2.02. The van der Waals surface area contributed by atoms with E-state index in [-0.39, 0.29) is 11.8 Å². The first-order valence-electron chi connectivity index (χ1n) is 6.03. The Morgan fingerprint density at radius 3 is 3.11 bits per heavy atom. The van der Waals surface area contributed by atoms with Gasteiger partial charge in [-0.3, -0.25) is 0 Å². The summed E-state index contributed by atoms with van der Waals surface area (Å²) in [4.78, 5) is 15.8. The van der Waals surface area contributed by atoms with Crippen LogP contribution in [0.4, 0.5) is 0 Å². The zero-order valence-electron chi connectivity index (χ0n) is 10.9. The average molecular weight is 280 g/mol. The van der Waals surface area contributed by atoms with Gasteiger partial charge in [0.15, 0.2) is 0 Å². The second-order valence-electron chi connectivity index (χ2n) is 3.98. The highest BCUT2D eigenvalue weighted by atomic mass is 32.1. The summed E-state index contributed by atoms with van der Waals surface area (Å²) in [7, 11) is 1.34. The molecule has 6 heteroatoms. The van der Waals surface area contributed by atoms with E-state index in [0.29, 0.717) is 6.54 Å². The van der Waals surface area contributed by atoms with E-state index in [1.54, 1.807) is 23.6 Å². The number of aromatic nitrogens is 1. The quantitative estimate of drug-likeness (QED) is 0.824. The van der Waals surface area contributed by atoms with E-state index >= 15 is 0 Å². The molecular formula is C13H16N2O3S. The Morgan fingerprint density at radius 1 is 1.63 bits per heavy atom. The smallest absolute Gasteiger partial charge is 0.374 e. The van der Waals surface area contributed by atoms with Gasteiger partial charge in [0.05, 0.1) is 19.4 Å². The van der Waals surface area contributed by atoms with Crippen molar-refractivity contribution in [3.8, 4) is 0 Å². The van der Waals surface area contributed by atoms with Gasteiger partial charge in [-0.05, 0) is 12.5 Å². The van der Waals surface area contributed by atoms with Gasteiger partial charge in [0.1, 0.15) is 5.01 Å². The Morgan fingerprint density at radius 2 is 2.47 bits per heavy atom. The molecule has 2 heterocycles. The molecule has 0 fully saturated rings. The van der Waals surface area contributed by atoms with E-state index in [1.807, 2.05) is 5.38 Å². The summed E-state index contributed by atoms with van der Waals surface area (Å²) in [5.74, 6) is -0.201. The molecule has 5 nitrogen and oxygen atoms in total. The second-order valence-corrected chi connectivity index (χ2v) is 4.90. The molecule has 0 saturated carbocycles. The van der Waals surface area contributed by atoms with Gasteiger partial charge in [0.25, 0.3) is 0 Å². The Bertz CT molecular complexity index is 522. The molecule has 19 heavy (non-hydrogen) atoms. The van der Waals surface area contributed by atoms with E-state index in [0.717, 1.165) is 17.0 Å². The SMILES string of the molecule is CCC(NCc1ccoc1C(=O)OC)c1nccs1. The number of methoxy groups -OCH3 is 1. The predicted molar refractivity (Wildman–Crippen MR) is 72.0 cm³/mol. The molecule has 0 amide bonds. The van der Waals surface area contributed by atoms with Gasteiger partial charge in [-0.25, -0.2) is 9.78 Å². The van der Waals surface area contributed by atoms with E-state index in [2.05, 4.69) is 22.0 Å². The van der Waals surface area contributed by atoms with Gasteiger partial charge in [0.2, 0.25) is 5.76 Å². The lowest BCUT2D eigenvalue weighted by molar-refractivity contribution is 0.0563. The van der Waals surface area contributed by atoms with Crippen LogP contribution in [0.3, 0.4) is 0 Å². The lowest BCUT2D eigenvalue weighted by atomic mass is 10.2. The number of carbonyl (C=O) groups excluding carboxylic acids is 1. The van der Waals surface area contributed by atoms with E-state index in [9.17, 15) is 4.79 Å². The first-order chi connectivity index (χ1) is 9.26. The van der Waals surface area contributed by atoms with Crippen LogP contribution in [0, 0.1) is 0 Å². The molecule has 2 aromatic heterocycles. The van der Waals surface area contributed by atoms with E-state index in [1.165, 1.54) is 13.4 Å². The largest absolute Gasteiger partial charge is 0.463 e. The number of hydrogen-bond donors (Lipinski definition) is 1. The lowest BCUT2D eigenvalue weighted by Gasteiger charge is -2.13. The molecule has 0 spiro atoms. The molecule has 0 aromatic carbocycles. The van der Waals surface area contributed by atoms with Gasteiger partial charge in [-0.2, -0.15) is 0 Å². The van der Waals surface area contributed by atoms with Crippen molar-refractivity contribution in [2.24, 2.45) is 0 Å². The summed E-state index contributed by atoms with van der Waals surface area (Å²) >= 11 is 1.62. The lowest BCUT2D eigenvalue weighted by Crippen LogP contribution is -2.21. The molecular weight excluding hydrogens is 264 g/mol. The third-order valence-corrected chi connectivity index (χ3v) is 3.70. The first kappa shape index (κ1) is 13.8. The number of carbonyl (C=O) groups is 1. The normalized spacial score (nSPS) is 12.3. The van der Waals surface area contributed by atoms with Crippen LogP contribution >= 0.6 is 11.3 Å². The maximum atomic E-state index is 11.5. The molecule has 0 aliphatic rings. The van der Waals surface area contributed by atoms with Crippen LogP contribution in [0.25, 0.3) is 0 Å². The number of esters is 1. The van der Waals surface area contributed by atoms with Crippen molar-refractivity contribution in [1.29, 1.82) is 0 Å². The fourth-order valence-electron chi connectivity index (χ4n) is 1.79. The Labute approximate surface area is 115 Å². The molecule has 1 atom stereocenters. The van der Waals surface area contributed by atoms with Crippen molar-refractivity contribution in [3.05, 3.63) is 40.2 Å². The monoisotopic (exact) mass is 280 g/mol. The second kappa shape index (κ2) is 6.49. The van der Waals surface area contributed by atoms with Crippen molar-refractivity contribution < 1.29 is 13.9 Å². The van der Waals surface area contributed by atoms with Gasteiger partial charge < -0.3 is 14.5 Å². The van der Waals surface area contributed by atoms with Crippen LogP contribution in [-0.2, 0) is 11.3 Å². The molecule has 0 saturated heterocycles. The Kier molecular flexibility index (Phi) is 4.70. The standard InChI is InChI=1S/C13H16N2O3S/c1-3-10(12-14-5-7-19-12)15-8-9-4-6-18-11(9)13(16)17-2/h4-7,10,15H,3,8H2,1-2H3. The highest BCUT2D eigenvalue weighted by Gasteiger charge is 2.17. The number of hydrogen-bond acceptors (Lipinski definition) is 6. The topological polar surface area (TPSA) is 64.4 Å². The fraction of sp³-hybridized carbons (Fsp3) is 0.385. The van der Waals surface area contributed by atoms with Crippen molar-refractivity contribution in [3.63, 3.8) is 0 Å². The number of nitrogens with zero attached hydrogens (tertiary/aromatic N) is 1. The van der Waals surface area contributed by atoms with Crippen LogP contribution in [0.5, 0.6) is 0 Å². The molecule has 2 aromatic rings. The molecule has 0 aliphatic heterocycles. The third kappa shape index (κ3) is 3.21. The van der Waals surface area contributed by atoms with Crippen molar-refractivity contribution in [1.82, 2.24) is 10.3 Å². The van der Waals surface area contributed by atoms with Crippen LogP contribution in [0.15, 0.2) is 28.3 Å². The average Bonchev–Trinajstić information content (AvgIpc) is 3.09. The number of furan rings is 1. The molecule has 0 radical (unpaired) electrons. The molecule has 1 N–H and O–H groups in total. The zero-order valence-corrected chi connectivity index (χ0v) is 11.7. The minimum absolute atomic E-state index is 0.181. The minimum atomic E-state index is -0.455. The number of thiazole rings is 1. The van der Waals surface area contributed by atoms with Gasteiger partial charge in [-0.15, -0.1) is 11.3 Å². The maximum Gasteiger partial charge on any atom is 0.374 e. The summed E-state index contributed by atoms with van der Waals surface area (Å²) in [6, 6.07) is 1.95. The van der Waals surface area contributed by atoms with Gasteiger partial charge in [0, 0.05) is 23.7 Å². The highest BCUT2D eigenvalue weighted by Crippen LogP contribution is 2.20. The van der Waals surface area contributed by atoms with Crippen molar-refractivity contribution in [2.45, 2.75) is 25.9 Å². The fourth-order valence-corrected chi connectivity index (χ4v) is 2.59. The molecule has 0 bridgehead atoms. The summed E-state index contributed by atoms with van der Waals surface area (Å²) in [6.45, 7) is 2.63. The van der Waals surface area contributed by atoms with Crippen molar-refractivity contribution >= 4 is 17.3 Å². The van der Waals surface area contributed by atoms with Crippen LogP contribution in [-0.4, -0.2) is 18.1 Å². The third-order valence-electron chi connectivity index (χ3n) is 2.81. The number of ether oxygens (including phenoxy) is 1. The predicted octanol–water partition coefficient (Wildman–Crippen LogP) is 2.76. The van der Waals surface area contributed by atoms with E-state index < -0.39 is 5.97 Å². The van der Waals surface area contributed by atoms with Crippen LogP contribution < -0.4 is 5.32 Å². The first-order valence-corrected chi connectivity index (χ1v) is 6.91. The summed E-state index contributed by atoms with van der Waals surface area (Å²) < 4.78 is 9.82. The zero-order chi connectivity index (χ0) is 13.7. The highest BCUT2D eigenvalue weighted by molar-refractivity contribution is 7.09. The van der Waals surface area contributed by atoms with E-state index in [4.69, 9.17) is 4.42 Å². The van der Waals surface area contributed by atoms with Gasteiger partial charge in [-0.1, -0.05) is 6.92 Å². The maximum absolute atomic E-state index is 11.5. The molecule has 0 aliphatic carbocycles. The molecule has 102 valence electrons. The number of nitrogens with one attached hydrogen (secondary N) is 1. The minimum Gasteiger partial charge on any atom is -0.463 e. The molecule has 1 unspecified atom stereocenters. The Hall–Kier alpha value is -1.66. The van der Waals surface area contributed by atoms with Crippen LogP contribution in [0.1, 0.15) is 40.5 Å².